The molecule has 0 radical (unpaired) electrons. The number of hydrogen-bond donors (Lipinski definition) is 0. The van der Waals surface area contributed by atoms with E-state index in [1.807, 2.05) is 18.4 Å². The maximum Gasteiger partial charge on any atom is 0.243 e. The standard InChI is InChI=1S/C13H13Br2NO2S2/c1-9-5-11(3-4-12(9)14)20(17,18)16(2)7-10-6-13(15)19-8-10/h3-6,8H,7H2,1-2H3. The van der Waals surface area contributed by atoms with E-state index < -0.39 is 10.0 Å². The van der Waals surface area contributed by atoms with Gasteiger partial charge in [-0.3, -0.25) is 0 Å². The fraction of sp³-hybridized carbons (Fsp3) is 0.231. The van der Waals surface area contributed by atoms with Gasteiger partial charge in [-0.25, -0.2) is 8.42 Å². The molecule has 0 saturated heterocycles. The first-order valence-corrected chi connectivity index (χ1v) is 9.66. The van der Waals surface area contributed by atoms with E-state index in [0.29, 0.717) is 11.4 Å². The number of halogens is 2. The van der Waals surface area contributed by atoms with E-state index in [-0.39, 0.29) is 0 Å². The molecular weight excluding hydrogens is 426 g/mol. The van der Waals surface area contributed by atoms with E-state index in [1.54, 1.807) is 36.6 Å². The molecule has 1 heterocycles. The van der Waals surface area contributed by atoms with Crippen molar-refractivity contribution in [2.75, 3.05) is 7.05 Å². The molecule has 1 aromatic heterocycles. The Kier molecular flexibility index (Phi) is 5.07. The van der Waals surface area contributed by atoms with Crippen LogP contribution in [0.15, 0.2) is 42.8 Å². The summed E-state index contributed by atoms with van der Waals surface area (Å²) in [7, 11) is -1.87. The number of aryl methyl sites for hydroxylation is 1. The highest BCUT2D eigenvalue weighted by molar-refractivity contribution is 9.11. The van der Waals surface area contributed by atoms with Gasteiger partial charge in [0.2, 0.25) is 10.0 Å². The van der Waals surface area contributed by atoms with Crippen LogP contribution in [0.2, 0.25) is 0 Å². The summed E-state index contributed by atoms with van der Waals surface area (Å²) in [5.41, 5.74) is 1.87. The van der Waals surface area contributed by atoms with Crippen molar-refractivity contribution >= 4 is 53.2 Å². The molecule has 0 aliphatic rings. The van der Waals surface area contributed by atoms with Crippen LogP contribution >= 0.6 is 43.2 Å². The van der Waals surface area contributed by atoms with Crippen LogP contribution in [0.5, 0.6) is 0 Å². The second kappa shape index (κ2) is 6.27. The molecule has 0 amide bonds. The van der Waals surface area contributed by atoms with E-state index in [0.717, 1.165) is 19.4 Å². The second-order valence-electron chi connectivity index (χ2n) is 4.43. The Balaban J connectivity index is 2.27. The lowest BCUT2D eigenvalue weighted by Crippen LogP contribution is -2.26. The lowest BCUT2D eigenvalue weighted by Gasteiger charge is -2.17. The van der Waals surface area contributed by atoms with Crippen LogP contribution < -0.4 is 0 Å². The van der Waals surface area contributed by atoms with Gasteiger partial charge in [0, 0.05) is 18.1 Å². The highest BCUT2D eigenvalue weighted by atomic mass is 79.9. The quantitative estimate of drug-likeness (QED) is 0.709. The third-order valence-corrected chi connectivity index (χ3v) is 7.11. The second-order valence-corrected chi connectivity index (χ2v) is 9.62. The molecule has 7 heteroatoms. The summed E-state index contributed by atoms with van der Waals surface area (Å²) in [5, 5.41) is 1.95. The van der Waals surface area contributed by atoms with Gasteiger partial charge in [-0.05, 0) is 63.6 Å². The van der Waals surface area contributed by atoms with Gasteiger partial charge in [0.1, 0.15) is 0 Å². The van der Waals surface area contributed by atoms with Crippen LogP contribution in [0.1, 0.15) is 11.1 Å². The monoisotopic (exact) mass is 437 g/mol. The van der Waals surface area contributed by atoms with Crippen molar-refractivity contribution in [3.05, 3.63) is 49.0 Å². The summed E-state index contributed by atoms with van der Waals surface area (Å²) in [4.78, 5) is 0.315. The fourth-order valence-electron chi connectivity index (χ4n) is 1.73. The van der Waals surface area contributed by atoms with Crippen molar-refractivity contribution in [2.45, 2.75) is 18.4 Å². The van der Waals surface area contributed by atoms with Gasteiger partial charge in [-0.2, -0.15) is 4.31 Å². The number of hydrogen-bond acceptors (Lipinski definition) is 3. The highest BCUT2D eigenvalue weighted by Crippen LogP contribution is 2.25. The first-order chi connectivity index (χ1) is 9.30. The predicted molar refractivity (Wildman–Crippen MR) is 89.6 cm³/mol. The third kappa shape index (κ3) is 3.51. The molecule has 0 fully saturated rings. The summed E-state index contributed by atoms with van der Waals surface area (Å²) in [6.07, 6.45) is 0. The molecule has 0 aliphatic heterocycles. The molecule has 2 rings (SSSR count). The fourth-order valence-corrected chi connectivity index (χ4v) is 4.42. The maximum absolute atomic E-state index is 12.5. The molecule has 1 aromatic carbocycles. The Bertz CT molecular complexity index is 726. The molecule has 0 aliphatic carbocycles. The Morgan fingerprint density at radius 3 is 2.50 bits per heavy atom. The van der Waals surface area contributed by atoms with Crippen LogP contribution in [-0.2, 0) is 16.6 Å². The van der Waals surface area contributed by atoms with Gasteiger partial charge < -0.3 is 0 Å². The lowest BCUT2D eigenvalue weighted by molar-refractivity contribution is 0.467. The van der Waals surface area contributed by atoms with Crippen molar-refractivity contribution < 1.29 is 8.42 Å². The lowest BCUT2D eigenvalue weighted by atomic mass is 10.2. The molecule has 0 bridgehead atoms. The van der Waals surface area contributed by atoms with Crippen molar-refractivity contribution in [3.63, 3.8) is 0 Å². The highest BCUT2D eigenvalue weighted by Gasteiger charge is 2.21. The van der Waals surface area contributed by atoms with E-state index >= 15 is 0 Å². The zero-order chi connectivity index (χ0) is 14.9. The Hall–Kier alpha value is -0.210. The third-order valence-electron chi connectivity index (χ3n) is 2.86. The summed E-state index contributed by atoms with van der Waals surface area (Å²) < 4.78 is 28.3. The SMILES string of the molecule is Cc1cc(S(=O)(=O)N(C)Cc2csc(Br)c2)ccc1Br. The molecule has 0 atom stereocenters. The van der Waals surface area contributed by atoms with Gasteiger partial charge in [0.15, 0.2) is 0 Å². The molecule has 0 N–H and O–H groups in total. The average Bonchev–Trinajstić information content (AvgIpc) is 2.78. The van der Waals surface area contributed by atoms with Gasteiger partial charge in [0.25, 0.3) is 0 Å². The molecule has 0 saturated carbocycles. The van der Waals surface area contributed by atoms with Crippen molar-refractivity contribution in [2.24, 2.45) is 0 Å². The van der Waals surface area contributed by atoms with Gasteiger partial charge >= 0.3 is 0 Å². The van der Waals surface area contributed by atoms with Crippen LogP contribution in [0.25, 0.3) is 0 Å². The Morgan fingerprint density at radius 2 is 1.95 bits per heavy atom. The molecular formula is C13H13Br2NO2S2. The molecule has 3 nitrogen and oxygen atoms in total. The largest absolute Gasteiger partial charge is 0.243 e. The van der Waals surface area contributed by atoms with Gasteiger partial charge in [-0.15, -0.1) is 11.3 Å². The van der Waals surface area contributed by atoms with E-state index in [4.69, 9.17) is 0 Å². The minimum absolute atomic E-state index is 0.315. The minimum atomic E-state index is -3.47. The van der Waals surface area contributed by atoms with Crippen LogP contribution in [0.3, 0.4) is 0 Å². The van der Waals surface area contributed by atoms with Crippen LogP contribution in [-0.4, -0.2) is 19.8 Å². The number of benzene rings is 1. The van der Waals surface area contributed by atoms with Crippen LogP contribution in [0, 0.1) is 6.92 Å². The summed E-state index contributed by atoms with van der Waals surface area (Å²) in [6.45, 7) is 2.23. The van der Waals surface area contributed by atoms with Crippen molar-refractivity contribution in [1.29, 1.82) is 0 Å². The summed E-state index contributed by atoms with van der Waals surface area (Å²) >= 11 is 8.30. The number of nitrogens with zero attached hydrogens (tertiary/aromatic N) is 1. The maximum atomic E-state index is 12.5. The average molecular weight is 439 g/mol. The number of rotatable bonds is 4. The minimum Gasteiger partial charge on any atom is -0.207 e. The normalized spacial score (nSPS) is 12.1. The smallest absolute Gasteiger partial charge is 0.207 e. The Morgan fingerprint density at radius 1 is 1.25 bits per heavy atom. The molecule has 20 heavy (non-hydrogen) atoms. The first kappa shape index (κ1) is 16.2. The van der Waals surface area contributed by atoms with Crippen molar-refractivity contribution in [3.8, 4) is 0 Å². The van der Waals surface area contributed by atoms with E-state index in [2.05, 4.69) is 31.9 Å². The number of thiophene rings is 1. The predicted octanol–water partition coefficient (Wildman–Crippen LogP) is 4.40. The first-order valence-electron chi connectivity index (χ1n) is 5.76. The molecule has 2 aromatic rings. The zero-order valence-corrected chi connectivity index (χ0v) is 15.7. The molecule has 108 valence electrons. The molecule has 0 unspecified atom stereocenters. The summed E-state index contributed by atoms with van der Waals surface area (Å²) in [5.74, 6) is 0. The van der Waals surface area contributed by atoms with Gasteiger partial charge in [0.05, 0.1) is 8.68 Å². The van der Waals surface area contributed by atoms with Crippen LogP contribution in [0.4, 0.5) is 0 Å². The Labute approximate surface area is 139 Å². The van der Waals surface area contributed by atoms with Gasteiger partial charge in [-0.1, -0.05) is 15.9 Å². The molecule has 0 spiro atoms. The zero-order valence-electron chi connectivity index (χ0n) is 10.9. The van der Waals surface area contributed by atoms with E-state index in [1.165, 1.54) is 4.31 Å². The summed E-state index contributed by atoms with van der Waals surface area (Å²) in [6, 6.07) is 6.99. The van der Waals surface area contributed by atoms with Crippen molar-refractivity contribution in [1.82, 2.24) is 4.31 Å². The number of sulfonamides is 1. The van der Waals surface area contributed by atoms with E-state index in [9.17, 15) is 8.42 Å². The topological polar surface area (TPSA) is 37.4 Å².